The number of carbonyl (C=O) groups is 3. The molecule has 1 unspecified atom stereocenters. The van der Waals surface area contributed by atoms with Gasteiger partial charge in [0, 0.05) is 27.4 Å². The van der Waals surface area contributed by atoms with Gasteiger partial charge in [-0.3, -0.25) is 14.4 Å². The quantitative estimate of drug-likeness (QED) is 0.0924. The second-order valence-electron chi connectivity index (χ2n) is 11.0. The number of aryl methyl sites for hydroxylation is 2. The molecule has 0 spiro atoms. The molecule has 1 atom stereocenters. The van der Waals surface area contributed by atoms with Crippen molar-refractivity contribution < 1.29 is 19.1 Å². The maximum absolute atomic E-state index is 13.6. The van der Waals surface area contributed by atoms with Crippen LogP contribution in [-0.4, -0.2) is 24.3 Å². The van der Waals surface area contributed by atoms with E-state index in [1.165, 1.54) is 11.8 Å². The van der Waals surface area contributed by atoms with Crippen molar-refractivity contribution in [2.75, 3.05) is 17.2 Å². The second kappa shape index (κ2) is 16.3. The van der Waals surface area contributed by atoms with Crippen LogP contribution in [0.2, 0.25) is 0 Å². The number of amides is 3. The summed E-state index contributed by atoms with van der Waals surface area (Å²) in [5.41, 5.74) is 5.53. The first kappa shape index (κ1) is 33.8. The number of hydrogen-bond acceptors (Lipinski definition) is 5. The molecule has 5 aromatic carbocycles. The molecule has 0 aliphatic carbocycles. The maximum Gasteiger partial charge on any atom is 0.272 e. The third-order valence-electron chi connectivity index (χ3n) is 7.53. The first-order valence-electron chi connectivity index (χ1n) is 15.6. The van der Waals surface area contributed by atoms with Crippen molar-refractivity contribution in [1.29, 1.82) is 0 Å². The van der Waals surface area contributed by atoms with Crippen molar-refractivity contribution >= 4 is 46.9 Å². The van der Waals surface area contributed by atoms with Gasteiger partial charge in [0.25, 0.3) is 11.8 Å². The Bertz CT molecular complexity index is 1910. The Hall–Kier alpha value is -5.60. The van der Waals surface area contributed by atoms with Crippen molar-refractivity contribution in [3.8, 4) is 5.75 Å². The summed E-state index contributed by atoms with van der Waals surface area (Å²) in [6.07, 6.45) is 1.60. The predicted molar refractivity (Wildman–Crippen MR) is 194 cm³/mol. The van der Waals surface area contributed by atoms with Gasteiger partial charge >= 0.3 is 0 Å². The first-order chi connectivity index (χ1) is 23.3. The summed E-state index contributed by atoms with van der Waals surface area (Å²) in [6, 6.07) is 38.8. The molecule has 0 fully saturated rings. The fourth-order valence-corrected chi connectivity index (χ4v) is 5.89. The zero-order valence-electron chi connectivity index (χ0n) is 27.0. The van der Waals surface area contributed by atoms with Crippen LogP contribution in [-0.2, 0) is 9.59 Å². The molecule has 0 aromatic heterocycles. The first-order valence-corrected chi connectivity index (χ1v) is 16.5. The van der Waals surface area contributed by atoms with E-state index in [0.717, 1.165) is 27.3 Å². The van der Waals surface area contributed by atoms with Crippen LogP contribution >= 0.6 is 11.8 Å². The van der Waals surface area contributed by atoms with Crippen LogP contribution in [0.3, 0.4) is 0 Å². The van der Waals surface area contributed by atoms with E-state index in [4.69, 9.17) is 4.74 Å². The number of thioether (sulfide) groups is 1. The minimum absolute atomic E-state index is 0.0570. The van der Waals surface area contributed by atoms with E-state index < -0.39 is 17.1 Å². The lowest BCUT2D eigenvalue weighted by atomic mass is 10.1. The predicted octanol–water partition coefficient (Wildman–Crippen LogP) is 8.58. The average molecular weight is 656 g/mol. The lowest BCUT2D eigenvalue weighted by Crippen LogP contribution is -2.30. The van der Waals surface area contributed by atoms with Crippen LogP contribution in [0.1, 0.15) is 44.8 Å². The molecule has 5 aromatic rings. The van der Waals surface area contributed by atoms with Gasteiger partial charge < -0.3 is 20.7 Å². The summed E-state index contributed by atoms with van der Waals surface area (Å²) >= 11 is 1.42. The summed E-state index contributed by atoms with van der Waals surface area (Å²) in [7, 11) is 0. The summed E-state index contributed by atoms with van der Waals surface area (Å²) in [5.74, 6) is -0.456. The molecule has 0 heterocycles. The van der Waals surface area contributed by atoms with Crippen molar-refractivity contribution in [3.05, 3.63) is 161 Å². The SMILES string of the molecule is CCOc1ccccc1/C=C(\NC(=O)c1ccccc1)C(=O)Nc1ccc(SC(C(=O)Nc2ccc(C)c(C)c2)c2ccccc2)cc1. The highest BCUT2D eigenvalue weighted by Gasteiger charge is 2.23. The van der Waals surface area contributed by atoms with Crippen molar-refractivity contribution in [2.24, 2.45) is 0 Å². The van der Waals surface area contributed by atoms with Gasteiger partial charge in [0.2, 0.25) is 5.91 Å². The van der Waals surface area contributed by atoms with Crippen LogP contribution in [0.25, 0.3) is 6.08 Å². The van der Waals surface area contributed by atoms with Gasteiger partial charge in [-0.2, -0.15) is 0 Å². The van der Waals surface area contributed by atoms with Gasteiger partial charge in [-0.25, -0.2) is 0 Å². The average Bonchev–Trinajstić information content (AvgIpc) is 3.10. The molecule has 3 N–H and O–H groups in total. The molecule has 0 bridgehead atoms. The largest absolute Gasteiger partial charge is 0.493 e. The Kier molecular flexibility index (Phi) is 11.5. The molecule has 0 aliphatic heterocycles. The standard InChI is InChI=1S/C40H37N3O4S/c1-4-47-36-18-12-11-17-31(36)26-35(43-38(44)30-15-9-6-10-16-30)39(45)41-32-21-23-34(24-22-32)48-37(29-13-7-5-8-14-29)40(46)42-33-20-19-27(2)28(3)25-33/h5-26,37H,4H2,1-3H3,(H,41,45)(H,42,46)(H,43,44)/b35-26-. The minimum Gasteiger partial charge on any atom is -0.493 e. The Labute approximate surface area is 285 Å². The Morgan fingerprint density at radius 1 is 0.729 bits per heavy atom. The Morgan fingerprint density at radius 3 is 2.06 bits per heavy atom. The molecule has 48 heavy (non-hydrogen) atoms. The van der Waals surface area contributed by atoms with Crippen LogP contribution in [0, 0.1) is 13.8 Å². The number of para-hydroxylation sites is 1. The summed E-state index contributed by atoms with van der Waals surface area (Å²) < 4.78 is 5.74. The number of carbonyl (C=O) groups excluding carboxylic acids is 3. The van der Waals surface area contributed by atoms with E-state index in [0.29, 0.717) is 29.2 Å². The molecule has 242 valence electrons. The lowest BCUT2D eigenvalue weighted by Gasteiger charge is -2.18. The Balaban J connectivity index is 1.35. The van der Waals surface area contributed by atoms with Crippen molar-refractivity contribution in [3.63, 3.8) is 0 Å². The fourth-order valence-electron chi connectivity index (χ4n) is 4.86. The van der Waals surface area contributed by atoms with E-state index in [9.17, 15) is 14.4 Å². The number of ether oxygens (including phenoxy) is 1. The minimum atomic E-state index is -0.513. The third kappa shape index (κ3) is 9.02. The second-order valence-corrected chi connectivity index (χ2v) is 12.2. The van der Waals surface area contributed by atoms with Crippen molar-refractivity contribution in [1.82, 2.24) is 5.32 Å². The highest BCUT2D eigenvalue weighted by Crippen LogP contribution is 2.37. The molecular formula is C40H37N3O4S. The molecule has 0 radical (unpaired) electrons. The van der Waals surface area contributed by atoms with Gasteiger partial charge in [-0.05, 0) is 98.1 Å². The van der Waals surface area contributed by atoms with Crippen LogP contribution in [0.5, 0.6) is 5.75 Å². The maximum atomic E-state index is 13.6. The normalized spacial score (nSPS) is 11.7. The molecule has 0 aliphatic rings. The van der Waals surface area contributed by atoms with Gasteiger partial charge in [0.15, 0.2) is 0 Å². The number of rotatable bonds is 12. The van der Waals surface area contributed by atoms with Gasteiger partial charge in [0.05, 0.1) is 6.61 Å². The highest BCUT2D eigenvalue weighted by atomic mass is 32.2. The van der Waals surface area contributed by atoms with Gasteiger partial charge in [-0.1, -0.05) is 72.8 Å². The fraction of sp³-hybridized carbons (Fsp3) is 0.125. The molecule has 0 saturated heterocycles. The van der Waals surface area contributed by atoms with E-state index in [1.807, 2.05) is 112 Å². The number of nitrogens with one attached hydrogen (secondary N) is 3. The van der Waals surface area contributed by atoms with Gasteiger partial charge in [0.1, 0.15) is 16.7 Å². The smallest absolute Gasteiger partial charge is 0.272 e. The highest BCUT2D eigenvalue weighted by molar-refractivity contribution is 8.00. The number of hydrogen-bond donors (Lipinski definition) is 3. The zero-order valence-corrected chi connectivity index (χ0v) is 27.8. The number of anilines is 2. The molecule has 3 amide bonds. The molecule has 5 rings (SSSR count). The summed E-state index contributed by atoms with van der Waals surface area (Å²) in [5, 5.41) is 8.23. The zero-order chi connectivity index (χ0) is 33.9. The van der Waals surface area contributed by atoms with E-state index in [-0.39, 0.29) is 11.6 Å². The summed E-state index contributed by atoms with van der Waals surface area (Å²) in [6.45, 7) is 6.39. The van der Waals surface area contributed by atoms with Crippen molar-refractivity contribution in [2.45, 2.75) is 30.9 Å². The molecular weight excluding hydrogens is 619 g/mol. The lowest BCUT2D eigenvalue weighted by molar-refractivity contribution is -0.116. The van der Waals surface area contributed by atoms with Crippen LogP contribution in [0.15, 0.2) is 138 Å². The molecule has 7 nitrogen and oxygen atoms in total. The Morgan fingerprint density at radius 2 is 1.38 bits per heavy atom. The number of benzene rings is 5. The molecule has 8 heteroatoms. The monoisotopic (exact) mass is 655 g/mol. The van der Waals surface area contributed by atoms with Crippen LogP contribution in [0.4, 0.5) is 11.4 Å². The molecule has 0 saturated carbocycles. The van der Waals surface area contributed by atoms with E-state index in [1.54, 1.807) is 42.5 Å². The third-order valence-corrected chi connectivity index (χ3v) is 8.79. The van der Waals surface area contributed by atoms with Gasteiger partial charge in [-0.15, -0.1) is 11.8 Å². The van der Waals surface area contributed by atoms with E-state index >= 15 is 0 Å². The van der Waals surface area contributed by atoms with E-state index in [2.05, 4.69) is 16.0 Å². The topological polar surface area (TPSA) is 96.5 Å². The summed E-state index contributed by atoms with van der Waals surface area (Å²) in [4.78, 5) is 41.1. The van der Waals surface area contributed by atoms with Crippen LogP contribution < -0.4 is 20.7 Å².